The molecule has 1 N–H and O–H groups in total. The van der Waals surface area contributed by atoms with Gasteiger partial charge in [0, 0.05) is 10.5 Å². The maximum atomic E-state index is 11.8. The Morgan fingerprint density at radius 1 is 1.29 bits per heavy atom. The van der Waals surface area contributed by atoms with Crippen molar-refractivity contribution < 1.29 is 8.42 Å². The smallest absolute Gasteiger partial charge is 0.212 e. The largest absolute Gasteiger partial charge is 0.214 e. The third kappa shape index (κ3) is 2.89. The lowest BCUT2D eigenvalue weighted by Gasteiger charge is -2.14. The van der Waals surface area contributed by atoms with Crippen molar-refractivity contribution >= 4 is 26.0 Å². The number of hydrogen-bond donors (Lipinski definition) is 1. The highest BCUT2D eigenvalue weighted by atomic mass is 79.9. The van der Waals surface area contributed by atoms with E-state index in [4.69, 9.17) is 0 Å². The fourth-order valence-electron chi connectivity index (χ4n) is 2.04. The van der Waals surface area contributed by atoms with Crippen molar-refractivity contribution in [2.75, 3.05) is 0 Å². The molecule has 0 heterocycles. The number of benzene rings is 1. The van der Waals surface area contributed by atoms with E-state index in [0.29, 0.717) is 0 Å². The van der Waals surface area contributed by atoms with E-state index >= 15 is 0 Å². The quantitative estimate of drug-likeness (QED) is 0.929. The monoisotopic (exact) mass is 317 g/mol. The summed E-state index contributed by atoms with van der Waals surface area (Å²) in [6.45, 7) is 3.39. The van der Waals surface area contributed by atoms with Crippen LogP contribution in [0, 0.1) is 0 Å². The molecule has 0 bridgehead atoms. The molecule has 1 atom stereocenters. The van der Waals surface area contributed by atoms with Gasteiger partial charge in [-0.15, -0.1) is 0 Å². The topological polar surface area (TPSA) is 46.2 Å². The van der Waals surface area contributed by atoms with Gasteiger partial charge in [0.25, 0.3) is 0 Å². The zero-order valence-electron chi connectivity index (χ0n) is 9.90. The van der Waals surface area contributed by atoms with Crippen molar-refractivity contribution in [1.82, 2.24) is 4.72 Å². The maximum Gasteiger partial charge on any atom is 0.214 e. The van der Waals surface area contributed by atoms with Crippen LogP contribution in [0.3, 0.4) is 0 Å². The average Bonchev–Trinajstić information content (AvgIpc) is 2.57. The Labute approximate surface area is 111 Å². The molecule has 0 radical (unpaired) electrons. The predicted octanol–water partition coefficient (Wildman–Crippen LogP) is 2.24. The molecule has 1 aromatic carbocycles. The van der Waals surface area contributed by atoms with Crippen LogP contribution >= 0.6 is 15.9 Å². The number of fused-ring (bicyclic) bond motifs is 1. The molecule has 0 aliphatic heterocycles. The molecule has 2 rings (SSSR count). The van der Waals surface area contributed by atoms with Gasteiger partial charge in [-0.25, -0.2) is 13.1 Å². The van der Waals surface area contributed by atoms with Crippen LogP contribution < -0.4 is 4.72 Å². The van der Waals surface area contributed by atoms with Gasteiger partial charge in [0.2, 0.25) is 10.0 Å². The molecule has 0 amide bonds. The van der Waals surface area contributed by atoms with Crippen molar-refractivity contribution in [3.8, 4) is 0 Å². The summed E-state index contributed by atoms with van der Waals surface area (Å²) < 4.78 is 27.4. The first-order valence-corrected chi connectivity index (χ1v) is 8.01. The highest BCUT2D eigenvalue weighted by Gasteiger charge is 2.27. The van der Waals surface area contributed by atoms with Crippen LogP contribution in [0.5, 0.6) is 0 Å². The summed E-state index contributed by atoms with van der Waals surface area (Å²) in [7, 11) is -3.17. The molecular formula is C12H16BrNO2S. The molecule has 0 saturated carbocycles. The van der Waals surface area contributed by atoms with Crippen LogP contribution in [-0.2, 0) is 22.9 Å². The van der Waals surface area contributed by atoms with E-state index in [1.165, 1.54) is 11.1 Å². The molecule has 94 valence electrons. The van der Waals surface area contributed by atoms with Gasteiger partial charge < -0.3 is 0 Å². The predicted molar refractivity (Wildman–Crippen MR) is 72.5 cm³/mol. The lowest BCUT2D eigenvalue weighted by atomic mass is 10.1. The molecule has 5 heteroatoms. The average molecular weight is 318 g/mol. The molecule has 3 nitrogen and oxygen atoms in total. The van der Waals surface area contributed by atoms with Crippen LogP contribution in [0.1, 0.15) is 25.0 Å². The van der Waals surface area contributed by atoms with Gasteiger partial charge in [0.05, 0.1) is 5.25 Å². The van der Waals surface area contributed by atoms with Gasteiger partial charge in [-0.2, -0.15) is 0 Å². The molecule has 0 spiro atoms. The minimum Gasteiger partial charge on any atom is -0.212 e. The Morgan fingerprint density at radius 3 is 2.59 bits per heavy atom. The third-order valence-electron chi connectivity index (χ3n) is 3.05. The van der Waals surface area contributed by atoms with Gasteiger partial charge in [-0.1, -0.05) is 22.0 Å². The Balaban J connectivity index is 2.11. The number of nitrogens with one attached hydrogen (secondary N) is 1. The number of hydrogen-bond acceptors (Lipinski definition) is 2. The number of rotatable bonds is 3. The Bertz CT molecular complexity index is 525. The molecule has 0 fully saturated rings. The summed E-state index contributed by atoms with van der Waals surface area (Å²) in [4.78, 5) is 0. The van der Waals surface area contributed by atoms with E-state index in [2.05, 4.69) is 32.8 Å². The van der Waals surface area contributed by atoms with Gasteiger partial charge in [-0.3, -0.25) is 0 Å². The molecule has 1 aliphatic rings. The molecular weight excluding hydrogens is 302 g/mol. The zero-order chi connectivity index (χ0) is 12.6. The minimum absolute atomic E-state index is 0.00620. The maximum absolute atomic E-state index is 11.8. The lowest BCUT2D eigenvalue weighted by molar-refractivity contribution is 0.547. The van der Waals surface area contributed by atoms with Gasteiger partial charge in [0.1, 0.15) is 0 Å². The van der Waals surface area contributed by atoms with Gasteiger partial charge in [0.15, 0.2) is 0 Å². The van der Waals surface area contributed by atoms with E-state index < -0.39 is 10.0 Å². The molecule has 0 saturated heterocycles. The normalized spacial score (nSPS) is 19.6. The van der Waals surface area contributed by atoms with E-state index in [9.17, 15) is 8.42 Å². The highest BCUT2D eigenvalue weighted by molar-refractivity contribution is 9.10. The first-order valence-electron chi connectivity index (χ1n) is 5.67. The lowest BCUT2D eigenvalue weighted by Crippen LogP contribution is -2.39. The summed E-state index contributed by atoms with van der Waals surface area (Å²) in [5.41, 5.74) is 2.47. The van der Waals surface area contributed by atoms with Crippen LogP contribution in [0.15, 0.2) is 22.7 Å². The Kier molecular flexibility index (Phi) is 3.61. The van der Waals surface area contributed by atoms with E-state index in [1.807, 2.05) is 6.07 Å². The minimum atomic E-state index is -3.17. The summed E-state index contributed by atoms with van der Waals surface area (Å²) in [6.07, 6.45) is 1.56. The highest BCUT2D eigenvalue weighted by Crippen LogP contribution is 2.26. The second kappa shape index (κ2) is 4.71. The van der Waals surface area contributed by atoms with E-state index in [-0.39, 0.29) is 11.3 Å². The molecule has 0 unspecified atom stereocenters. The zero-order valence-corrected chi connectivity index (χ0v) is 12.3. The first kappa shape index (κ1) is 13.1. The number of sulfonamides is 1. The second-order valence-corrected chi connectivity index (χ2v) is 7.91. The van der Waals surface area contributed by atoms with Crippen LogP contribution in [0.4, 0.5) is 0 Å². The summed E-state index contributed by atoms with van der Waals surface area (Å²) >= 11 is 3.43. The summed E-state index contributed by atoms with van der Waals surface area (Å²) in [6, 6.07) is 6.13. The summed E-state index contributed by atoms with van der Waals surface area (Å²) in [5.74, 6) is 0. The van der Waals surface area contributed by atoms with Crippen molar-refractivity contribution in [2.45, 2.75) is 38.0 Å². The summed E-state index contributed by atoms with van der Waals surface area (Å²) in [5, 5.41) is -0.377. The van der Waals surface area contributed by atoms with E-state index in [1.54, 1.807) is 13.8 Å². The van der Waals surface area contributed by atoms with Crippen LogP contribution in [0.25, 0.3) is 0 Å². The Hall–Kier alpha value is -0.390. The van der Waals surface area contributed by atoms with Crippen molar-refractivity contribution in [1.29, 1.82) is 0 Å². The SMILES string of the molecule is CC(C)S(=O)(=O)N[C@@H]1Cc2ccc(Br)cc2C1. The van der Waals surface area contributed by atoms with Crippen molar-refractivity contribution in [3.05, 3.63) is 33.8 Å². The van der Waals surface area contributed by atoms with Crippen molar-refractivity contribution in [2.24, 2.45) is 0 Å². The molecule has 0 aromatic heterocycles. The molecule has 1 aromatic rings. The Morgan fingerprint density at radius 2 is 1.94 bits per heavy atom. The third-order valence-corrected chi connectivity index (χ3v) is 5.45. The number of halogens is 1. The fourth-order valence-corrected chi connectivity index (χ4v) is 3.35. The van der Waals surface area contributed by atoms with Gasteiger partial charge in [-0.05, 0) is 49.9 Å². The molecule has 17 heavy (non-hydrogen) atoms. The standard InChI is InChI=1S/C12H16BrNO2S/c1-8(2)17(15,16)14-12-6-9-3-4-11(13)5-10(9)7-12/h3-5,8,12,14H,6-7H2,1-2H3/t12-/m1/s1. The van der Waals surface area contributed by atoms with E-state index in [0.717, 1.165) is 17.3 Å². The van der Waals surface area contributed by atoms with Crippen molar-refractivity contribution in [3.63, 3.8) is 0 Å². The fraction of sp³-hybridized carbons (Fsp3) is 0.500. The van der Waals surface area contributed by atoms with Crippen LogP contribution in [-0.4, -0.2) is 19.7 Å². The van der Waals surface area contributed by atoms with Gasteiger partial charge >= 0.3 is 0 Å². The van der Waals surface area contributed by atoms with Crippen LogP contribution in [0.2, 0.25) is 0 Å². The molecule has 1 aliphatic carbocycles. The first-order chi connectivity index (χ1) is 7.88. The second-order valence-electron chi connectivity index (χ2n) is 4.73.